The van der Waals surface area contributed by atoms with E-state index >= 15 is 0 Å². The predicted molar refractivity (Wildman–Crippen MR) is 212 cm³/mol. The Morgan fingerprint density at radius 1 is 0.449 bits per heavy atom. The number of hydrogen-bond donors (Lipinski definition) is 0. The Hall–Kier alpha value is -5.70. The molecule has 0 N–H and O–H groups in total. The molecule has 1 nitrogen and oxygen atoms in total. The Morgan fingerprint density at radius 3 is 1.98 bits per heavy atom. The van der Waals surface area contributed by atoms with Crippen LogP contribution in [0.4, 0.5) is 17.1 Å². The van der Waals surface area contributed by atoms with Crippen LogP contribution in [0, 0.1) is 0 Å². The van der Waals surface area contributed by atoms with Crippen LogP contribution >= 0.6 is 11.3 Å². The van der Waals surface area contributed by atoms with Gasteiger partial charge in [-0.3, -0.25) is 0 Å². The molecule has 0 saturated heterocycles. The Bertz CT molecular complexity index is 2730. The van der Waals surface area contributed by atoms with Crippen molar-refractivity contribution in [3.63, 3.8) is 0 Å². The van der Waals surface area contributed by atoms with Crippen LogP contribution in [-0.2, 0) is 5.41 Å². The van der Waals surface area contributed by atoms with Gasteiger partial charge in [0.1, 0.15) is 0 Å². The smallest absolute Gasteiger partial charge is 0.0640 e. The average Bonchev–Trinajstić information content (AvgIpc) is 3.65. The highest BCUT2D eigenvalue weighted by Gasteiger charge is 2.36. The molecule has 49 heavy (non-hydrogen) atoms. The van der Waals surface area contributed by atoms with Gasteiger partial charge in [-0.1, -0.05) is 147 Å². The van der Waals surface area contributed by atoms with Crippen LogP contribution in [0.15, 0.2) is 164 Å². The molecular formula is C47H33NS. The van der Waals surface area contributed by atoms with Gasteiger partial charge < -0.3 is 4.90 Å². The summed E-state index contributed by atoms with van der Waals surface area (Å²) in [5.74, 6) is 0. The highest BCUT2D eigenvalue weighted by molar-refractivity contribution is 7.27. The molecule has 0 aliphatic heterocycles. The van der Waals surface area contributed by atoms with E-state index in [1.54, 1.807) is 0 Å². The van der Waals surface area contributed by atoms with Gasteiger partial charge in [0.25, 0.3) is 0 Å². The molecule has 0 atom stereocenters. The van der Waals surface area contributed by atoms with Gasteiger partial charge in [0.2, 0.25) is 0 Å². The van der Waals surface area contributed by atoms with Crippen molar-refractivity contribution < 1.29 is 0 Å². The molecule has 1 aliphatic rings. The van der Waals surface area contributed by atoms with Crippen LogP contribution in [0.3, 0.4) is 0 Å². The molecule has 10 rings (SSSR count). The van der Waals surface area contributed by atoms with Crippen molar-refractivity contribution in [1.29, 1.82) is 0 Å². The molecule has 0 unspecified atom stereocenters. The SMILES string of the molecule is CC1(C)c2ccccc2-c2ccc(N(c3ccc(-c4ccccc4)cc3)c3cccc4c3sc3c4ccc4ccc5ccccc5c43)cc21. The van der Waals surface area contributed by atoms with E-state index in [1.165, 1.54) is 86.5 Å². The van der Waals surface area contributed by atoms with Crippen molar-refractivity contribution in [2.24, 2.45) is 0 Å². The Morgan fingerprint density at radius 2 is 1.10 bits per heavy atom. The van der Waals surface area contributed by atoms with Crippen molar-refractivity contribution in [2.45, 2.75) is 19.3 Å². The molecule has 1 aliphatic carbocycles. The largest absolute Gasteiger partial charge is 0.309 e. The first-order valence-electron chi connectivity index (χ1n) is 17.0. The minimum atomic E-state index is -0.0889. The summed E-state index contributed by atoms with van der Waals surface area (Å²) in [6.45, 7) is 4.73. The quantitative estimate of drug-likeness (QED) is 0.173. The lowest BCUT2D eigenvalue weighted by molar-refractivity contribution is 0.660. The second kappa shape index (κ2) is 10.7. The summed E-state index contributed by atoms with van der Waals surface area (Å²) in [5, 5.41) is 7.84. The molecule has 0 fully saturated rings. The van der Waals surface area contributed by atoms with E-state index in [1.807, 2.05) is 11.3 Å². The molecule has 1 heterocycles. The minimum Gasteiger partial charge on any atom is -0.309 e. The molecule has 0 bridgehead atoms. The zero-order valence-electron chi connectivity index (χ0n) is 27.4. The molecule has 9 aromatic rings. The first kappa shape index (κ1) is 28.3. The molecule has 0 amide bonds. The first-order valence-corrected chi connectivity index (χ1v) is 17.8. The van der Waals surface area contributed by atoms with Crippen molar-refractivity contribution in [2.75, 3.05) is 4.90 Å². The second-order valence-electron chi connectivity index (χ2n) is 13.7. The lowest BCUT2D eigenvalue weighted by atomic mass is 9.82. The van der Waals surface area contributed by atoms with Crippen LogP contribution in [0.2, 0.25) is 0 Å². The maximum atomic E-state index is 2.48. The second-order valence-corrected chi connectivity index (χ2v) is 14.8. The molecule has 0 radical (unpaired) electrons. The predicted octanol–water partition coefficient (Wildman–Crippen LogP) is 13.8. The van der Waals surface area contributed by atoms with Gasteiger partial charge in [-0.15, -0.1) is 11.3 Å². The summed E-state index contributed by atoms with van der Waals surface area (Å²) in [4.78, 5) is 2.48. The van der Waals surface area contributed by atoms with E-state index in [2.05, 4.69) is 183 Å². The molecule has 1 aromatic heterocycles. The van der Waals surface area contributed by atoms with E-state index in [0.717, 1.165) is 5.69 Å². The van der Waals surface area contributed by atoms with Gasteiger partial charge >= 0.3 is 0 Å². The fraction of sp³-hybridized carbons (Fsp3) is 0.0638. The van der Waals surface area contributed by atoms with Gasteiger partial charge in [0, 0.05) is 37.6 Å². The number of thiophene rings is 1. The summed E-state index contributed by atoms with van der Waals surface area (Å²) in [6.07, 6.45) is 0. The fourth-order valence-corrected chi connectivity index (χ4v) is 9.57. The third kappa shape index (κ3) is 4.24. The highest BCUT2D eigenvalue weighted by Crippen LogP contribution is 2.52. The number of benzene rings is 8. The van der Waals surface area contributed by atoms with Gasteiger partial charge in [-0.25, -0.2) is 0 Å². The van der Waals surface area contributed by atoms with Gasteiger partial charge in [0.15, 0.2) is 0 Å². The molecule has 232 valence electrons. The standard InChI is InChI=1S/C47H33NS/c1-47(2)41-17-9-8-15-37(41)38-28-26-35(29-42(38)47)48(34-24-21-31(22-25-34)30-11-4-3-5-12-30)43-18-10-16-39-40-27-23-33-20-19-32-13-6-7-14-36(32)44(33)46(40)49-45(39)43/h3-29H,1-2H3. The van der Waals surface area contributed by atoms with Gasteiger partial charge in [-0.05, 0) is 79.9 Å². The van der Waals surface area contributed by atoms with E-state index in [-0.39, 0.29) is 5.41 Å². The van der Waals surface area contributed by atoms with Crippen molar-refractivity contribution in [1.82, 2.24) is 0 Å². The summed E-state index contributed by atoms with van der Waals surface area (Å²) >= 11 is 1.92. The number of hydrogen-bond acceptors (Lipinski definition) is 2. The van der Waals surface area contributed by atoms with Crippen LogP contribution < -0.4 is 4.90 Å². The van der Waals surface area contributed by atoms with E-state index in [0.29, 0.717) is 0 Å². The highest BCUT2D eigenvalue weighted by atomic mass is 32.1. The fourth-order valence-electron chi connectivity index (χ4n) is 8.20. The number of nitrogens with zero attached hydrogens (tertiary/aromatic N) is 1. The van der Waals surface area contributed by atoms with Crippen molar-refractivity contribution in [3.8, 4) is 22.3 Å². The molecular weight excluding hydrogens is 611 g/mol. The first-order chi connectivity index (χ1) is 24.1. The Labute approximate surface area is 290 Å². The minimum absolute atomic E-state index is 0.0889. The maximum Gasteiger partial charge on any atom is 0.0640 e. The van der Waals surface area contributed by atoms with E-state index in [9.17, 15) is 0 Å². The molecule has 0 spiro atoms. The molecule has 8 aromatic carbocycles. The third-order valence-corrected chi connectivity index (χ3v) is 11.9. The van der Waals surface area contributed by atoms with Gasteiger partial charge in [0.05, 0.1) is 10.4 Å². The summed E-state index contributed by atoms with van der Waals surface area (Å²) in [5.41, 5.74) is 11.3. The number of rotatable bonds is 4. The Balaban J connectivity index is 1.22. The van der Waals surface area contributed by atoms with Crippen LogP contribution in [0.1, 0.15) is 25.0 Å². The maximum absolute atomic E-state index is 2.48. The van der Waals surface area contributed by atoms with Gasteiger partial charge in [-0.2, -0.15) is 0 Å². The summed E-state index contributed by atoms with van der Waals surface area (Å²) < 4.78 is 2.65. The average molecular weight is 644 g/mol. The van der Waals surface area contributed by atoms with E-state index in [4.69, 9.17) is 0 Å². The summed E-state index contributed by atoms with van der Waals surface area (Å²) in [6, 6.07) is 60.5. The van der Waals surface area contributed by atoms with Crippen LogP contribution in [0.25, 0.3) is 64.0 Å². The topological polar surface area (TPSA) is 3.24 Å². The number of anilines is 3. The zero-order chi connectivity index (χ0) is 32.7. The van der Waals surface area contributed by atoms with Crippen LogP contribution in [-0.4, -0.2) is 0 Å². The zero-order valence-corrected chi connectivity index (χ0v) is 28.3. The molecule has 2 heteroatoms. The lowest BCUT2D eigenvalue weighted by Crippen LogP contribution is -2.16. The van der Waals surface area contributed by atoms with Crippen LogP contribution in [0.5, 0.6) is 0 Å². The summed E-state index contributed by atoms with van der Waals surface area (Å²) in [7, 11) is 0. The monoisotopic (exact) mass is 643 g/mol. The molecule has 0 saturated carbocycles. The lowest BCUT2D eigenvalue weighted by Gasteiger charge is -2.28. The van der Waals surface area contributed by atoms with E-state index < -0.39 is 0 Å². The van der Waals surface area contributed by atoms with Crippen molar-refractivity contribution >= 4 is 70.1 Å². The normalized spacial score (nSPS) is 13.3. The Kier molecular flexibility index (Phi) is 6.16. The third-order valence-electron chi connectivity index (χ3n) is 10.6. The number of fused-ring (bicyclic) bond motifs is 10. The van der Waals surface area contributed by atoms with Crippen molar-refractivity contribution in [3.05, 3.63) is 175 Å².